The molecule has 0 saturated carbocycles. The van der Waals surface area contributed by atoms with Gasteiger partial charge in [-0.3, -0.25) is 19.2 Å². The maximum Gasteiger partial charge on any atom is 0.305 e. The summed E-state index contributed by atoms with van der Waals surface area (Å²) in [4.78, 5) is 47.1. The molecule has 0 N–H and O–H groups in total. The highest BCUT2D eigenvalue weighted by Gasteiger charge is 2.23. The van der Waals surface area contributed by atoms with Gasteiger partial charge < -0.3 is 9.47 Å². The third-order valence-electron chi connectivity index (χ3n) is 7.79. The molecule has 0 fully saturated rings. The van der Waals surface area contributed by atoms with Gasteiger partial charge in [-0.05, 0) is 78.3 Å². The van der Waals surface area contributed by atoms with Gasteiger partial charge in [0, 0.05) is 39.7 Å². The van der Waals surface area contributed by atoms with Crippen LogP contribution in [0.2, 0.25) is 5.02 Å². The molecule has 1 unspecified atom stereocenters. The number of halogens is 1. The second-order valence-corrected chi connectivity index (χ2v) is 15.6. The Labute approximate surface area is 316 Å². The minimum absolute atomic E-state index is 0.0185. The van der Waals surface area contributed by atoms with E-state index >= 15 is 0 Å². The molecule has 0 heterocycles. The van der Waals surface area contributed by atoms with Crippen LogP contribution in [0.25, 0.3) is 0 Å². The van der Waals surface area contributed by atoms with Crippen molar-refractivity contribution in [2.75, 3.05) is 13.2 Å². The van der Waals surface area contributed by atoms with Crippen molar-refractivity contribution in [3.8, 4) is 5.75 Å². The predicted molar refractivity (Wildman–Crippen MR) is 214 cm³/mol. The summed E-state index contributed by atoms with van der Waals surface area (Å²) in [6.07, 6.45) is 4.86. The first-order valence-electron chi connectivity index (χ1n) is 17.6. The van der Waals surface area contributed by atoms with Crippen LogP contribution in [0, 0.1) is 0 Å². The number of ketones is 3. The van der Waals surface area contributed by atoms with E-state index in [9.17, 15) is 19.2 Å². The van der Waals surface area contributed by atoms with E-state index in [4.69, 9.17) is 21.1 Å². The minimum Gasteiger partial charge on any atom is -0.490 e. The number of esters is 1. The van der Waals surface area contributed by atoms with Gasteiger partial charge in [0.2, 0.25) is 0 Å². The van der Waals surface area contributed by atoms with E-state index in [1.54, 1.807) is 37.3 Å². The van der Waals surface area contributed by atoms with Crippen LogP contribution in [0.3, 0.4) is 0 Å². The Morgan fingerprint density at radius 1 is 0.863 bits per heavy atom. The Morgan fingerprint density at radius 3 is 1.86 bits per heavy atom. The summed E-state index contributed by atoms with van der Waals surface area (Å²) in [6.45, 7) is 21.7. The van der Waals surface area contributed by atoms with Gasteiger partial charge in [-0.2, -0.15) is 12.6 Å². The molecule has 0 radical (unpaired) electrons. The van der Waals surface area contributed by atoms with Crippen LogP contribution in [0.4, 0.5) is 0 Å². The number of rotatable bonds is 15. The fraction of sp³-hybridized carbons (Fsp3) is 0.442. The van der Waals surface area contributed by atoms with E-state index in [-0.39, 0.29) is 53.1 Å². The third kappa shape index (κ3) is 17.4. The first-order valence-corrected chi connectivity index (χ1v) is 18.4. The second-order valence-electron chi connectivity index (χ2n) is 13.9. The topological polar surface area (TPSA) is 86.7 Å². The lowest BCUT2D eigenvalue weighted by atomic mass is 9.86. The van der Waals surface area contributed by atoms with Crippen LogP contribution < -0.4 is 4.74 Å². The number of Topliss-reactive ketones (excluding diaryl/α,β-unsaturated/α-hetero) is 2. The van der Waals surface area contributed by atoms with E-state index < -0.39 is 5.92 Å². The average Bonchev–Trinajstić information content (AvgIpc) is 3.07. The zero-order chi connectivity index (χ0) is 38.8. The molecule has 0 aliphatic rings. The molecule has 0 aliphatic carbocycles. The number of allylic oxidation sites excluding steroid dienone is 1. The molecule has 0 bridgehead atoms. The fourth-order valence-corrected chi connectivity index (χ4v) is 5.46. The number of carbonyl (C=O) groups is 4. The van der Waals surface area contributed by atoms with Gasteiger partial charge in [0.25, 0.3) is 0 Å². The first-order chi connectivity index (χ1) is 23.9. The van der Waals surface area contributed by atoms with Crippen LogP contribution in [0.5, 0.6) is 5.75 Å². The van der Waals surface area contributed by atoms with Crippen molar-refractivity contribution in [3.05, 3.63) is 112 Å². The Morgan fingerprint density at radius 2 is 1.43 bits per heavy atom. The zero-order valence-corrected chi connectivity index (χ0v) is 33.6. The van der Waals surface area contributed by atoms with Crippen molar-refractivity contribution in [3.63, 3.8) is 0 Å². The van der Waals surface area contributed by atoms with Crippen molar-refractivity contribution in [1.29, 1.82) is 0 Å². The minimum atomic E-state index is -0.410. The Bertz CT molecular complexity index is 1560. The smallest absolute Gasteiger partial charge is 0.305 e. The van der Waals surface area contributed by atoms with E-state index in [1.165, 1.54) is 31.4 Å². The van der Waals surface area contributed by atoms with E-state index in [0.29, 0.717) is 34.7 Å². The van der Waals surface area contributed by atoms with Gasteiger partial charge in [-0.1, -0.05) is 116 Å². The van der Waals surface area contributed by atoms with E-state index in [1.807, 2.05) is 43.3 Å². The fourth-order valence-electron chi connectivity index (χ4n) is 4.90. The molecule has 1 atom stereocenters. The number of benzene rings is 3. The van der Waals surface area contributed by atoms with Crippen LogP contribution in [0.15, 0.2) is 79.4 Å². The molecule has 0 amide bonds. The van der Waals surface area contributed by atoms with Gasteiger partial charge in [0.05, 0.1) is 0 Å². The molecule has 3 aromatic carbocycles. The molecule has 0 saturated heterocycles. The molecule has 51 heavy (non-hydrogen) atoms. The summed E-state index contributed by atoms with van der Waals surface area (Å²) in [6, 6.07) is 20.2. The molecular weight excluding hydrogens is 680 g/mol. The summed E-state index contributed by atoms with van der Waals surface area (Å²) in [5, 5.41) is 0.477. The summed E-state index contributed by atoms with van der Waals surface area (Å²) in [5.74, 6) is -0.0853. The van der Waals surface area contributed by atoms with Gasteiger partial charge in [0.1, 0.15) is 19.0 Å². The van der Waals surface area contributed by atoms with Crippen molar-refractivity contribution < 1.29 is 28.7 Å². The van der Waals surface area contributed by atoms with Crippen LogP contribution in [-0.4, -0.2) is 41.3 Å². The molecule has 3 rings (SSSR count). The van der Waals surface area contributed by atoms with Crippen molar-refractivity contribution in [2.24, 2.45) is 0 Å². The van der Waals surface area contributed by atoms with Crippen molar-refractivity contribution in [2.45, 2.75) is 110 Å². The van der Waals surface area contributed by atoms with Gasteiger partial charge in [-0.15, -0.1) is 0 Å². The van der Waals surface area contributed by atoms with Gasteiger partial charge in [0.15, 0.2) is 17.3 Å². The lowest BCUT2D eigenvalue weighted by Gasteiger charge is -2.19. The standard InChI is InChI=1S/C33H37ClO5.C6H14S.C4H6O/c1-6-27(32(37)24-11-15-26(16-12-24)38-18-19-39-31(36)7-2)28-17-8-22(20-29(28)34)21-30(35)23-9-13-25(14-10-23)33(3,4)5;1-4-5-6(2,3)7;1-3-4(2)5/h8-17,20,27H,6-7,18-19,21H2,1-5H3;7H,4-5H2,1-3H3;3H,1H2,2H3. The highest BCUT2D eigenvalue weighted by molar-refractivity contribution is 7.81. The molecule has 0 aliphatic heterocycles. The molecule has 8 heteroatoms. The molecule has 0 spiro atoms. The number of thiol groups is 1. The molecule has 6 nitrogen and oxygen atoms in total. The average molecular weight is 737 g/mol. The lowest BCUT2D eigenvalue weighted by Crippen LogP contribution is -2.14. The first kappa shape index (κ1) is 45.3. The number of ether oxygens (including phenoxy) is 2. The van der Waals surface area contributed by atoms with Gasteiger partial charge in [-0.25, -0.2) is 0 Å². The quantitative estimate of drug-likeness (QED) is 0.0549. The normalized spacial score (nSPS) is 11.5. The molecular formula is C43H57ClO6S. The Balaban J connectivity index is 0.000000928. The van der Waals surface area contributed by atoms with E-state index in [2.05, 4.69) is 60.8 Å². The summed E-state index contributed by atoms with van der Waals surface area (Å²) >= 11 is 11.0. The van der Waals surface area contributed by atoms with Crippen LogP contribution >= 0.6 is 24.2 Å². The predicted octanol–water partition coefficient (Wildman–Crippen LogP) is 11.0. The maximum absolute atomic E-state index is 13.3. The summed E-state index contributed by atoms with van der Waals surface area (Å²) in [5.41, 5.74) is 3.98. The maximum atomic E-state index is 13.3. The highest BCUT2D eigenvalue weighted by atomic mass is 35.5. The molecule has 3 aromatic rings. The SMILES string of the molecule is C=CC(C)=O.CCC(=O)OCCOc1ccc(C(=O)C(CC)c2ccc(CC(=O)c3ccc(C(C)(C)C)cc3)cc2Cl)cc1.CCCC(C)(C)S. The summed E-state index contributed by atoms with van der Waals surface area (Å²) < 4.78 is 10.8. The van der Waals surface area contributed by atoms with Crippen molar-refractivity contribution >= 4 is 47.5 Å². The summed E-state index contributed by atoms with van der Waals surface area (Å²) in [7, 11) is 0. The monoisotopic (exact) mass is 736 g/mol. The third-order valence-corrected chi connectivity index (χ3v) is 8.35. The largest absolute Gasteiger partial charge is 0.490 e. The Kier molecular flexibility index (Phi) is 19.8. The Hall–Kier alpha value is -3.68. The van der Waals surface area contributed by atoms with Crippen LogP contribution in [-0.2, 0) is 26.2 Å². The van der Waals surface area contributed by atoms with Crippen LogP contribution in [0.1, 0.15) is 131 Å². The molecule has 0 aromatic heterocycles. The number of carbonyl (C=O) groups excluding carboxylic acids is 4. The van der Waals surface area contributed by atoms with Crippen molar-refractivity contribution in [1.82, 2.24) is 0 Å². The molecule has 278 valence electrons. The van der Waals surface area contributed by atoms with Gasteiger partial charge >= 0.3 is 5.97 Å². The zero-order valence-electron chi connectivity index (χ0n) is 31.9. The number of hydrogen-bond acceptors (Lipinski definition) is 7. The van der Waals surface area contributed by atoms with E-state index in [0.717, 1.165) is 11.1 Å². The highest BCUT2D eigenvalue weighted by Crippen LogP contribution is 2.32. The second kappa shape index (κ2) is 22.3. The lowest BCUT2D eigenvalue weighted by molar-refractivity contribution is -0.144. The number of hydrogen-bond donors (Lipinski definition) is 1.